The minimum atomic E-state index is -0.293. The van der Waals surface area contributed by atoms with Crippen LogP contribution in [-0.2, 0) is 11.3 Å². The molecule has 1 fully saturated rings. The van der Waals surface area contributed by atoms with E-state index in [9.17, 15) is 9.59 Å². The standard InChI is InChI=1S/C20H15BrINO3S/c1-2-9-26-17-8-5-15(21)10-14(17)11-18-19(24)23(20(25)27-18)12-13-3-6-16(22)7-4-13/h2-8,10-11H,1,9,12H2/b18-11+. The zero-order valence-corrected chi connectivity index (χ0v) is 18.7. The van der Waals surface area contributed by atoms with Crippen molar-refractivity contribution in [1.82, 2.24) is 4.90 Å². The highest BCUT2D eigenvalue weighted by atomic mass is 127. The number of hydrogen-bond donors (Lipinski definition) is 0. The lowest BCUT2D eigenvalue weighted by molar-refractivity contribution is -0.123. The highest BCUT2D eigenvalue weighted by Crippen LogP contribution is 2.35. The van der Waals surface area contributed by atoms with Gasteiger partial charge in [0.25, 0.3) is 11.1 Å². The van der Waals surface area contributed by atoms with E-state index in [1.807, 2.05) is 42.5 Å². The SMILES string of the molecule is C=CCOc1ccc(Br)cc1/C=C1/SC(=O)N(Cc2ccc(I)cc2)C1=O. The molecule has 4 nitrogen and oxygen atoms in total. The third-order valence-electron chi connectivity index (χ3n) is 3.74. The Balaban J connectivity index is 1.85. The lowest BCUT2D eigenvalue weighted by Gasteiger charge is -2.12. The van der Waals surface area contributed by atoms with Crippen LogP contribution >= 0.6 is 50.3 Å². The van der Waals surface area contributed by atoms with Crippen LogP contribution in [0.25, 0.3) is 6.08 Å². The zero-order chi connectivity index (χ0) is 19.4. The van der Waals surface area contributed by atoms with Gasteiger partial charge in [0.1, 0.15) is 12.4 Å². The van der Waals surface area contributed by atoms with Gasteiger partial charge in [-0.3, -0.25) is 14.5 Å². The summed E-state index contributed by atoms with van der Waals surface area (Å²) < 4.78 is 7.61. The second-order valence-corrected chi connectivity index (χ2v) is 8.83. The van der Waals surface area contributed by atoms with Gasteiger partial charge in [-0.05, 0) is 76.3 Å². The molecule has 1 heterocycles. The molecule has 0 bridgehead atoms. The molecule has 2 amide bonds. The molecule has 0 spiro atoms. The molecule has 27 heavy (non-hydrogen) atoms. The quantitative estimate of drug-likeness (QED) is 0.255. The summed E-state index contributed by atoms with van der Waals surface area (Å²) in [5.41, 5.74) is 1.64. The zero-order valence-electron chi connectivity index (χ0n) is 14.2. The molecule has 0 aromatic heterocycles. The van der Waals surface area contributed by atoms with E-state index in [4.69, 9.17) is 4.74 Å². The van der Waals surface area contributed by atoms with Crippen molar-refractivity contribution in [2.24, 2.45) is 0 Å². The van der Waals surface area contributed by atoms with Crippen molar-refractivity contribution in [3.63, 3.8) is 0 Å². The van der Waals surface area contributed by atoms with E-state index in [2.05, 4.69) is 45.1 Å². The minimum absolute atomic E-state index is 0.261. The van der Waals surface area contributed by atoms with Crippen LogP contribution in [0.15, 0.2) is 64.5 Å². The molecule has 138 valence electrons. The normalized spacial score (nSPS) is 15.5. The largest absolute Gasteiger partial charge is 0.489 e. The highest BCUT2D eigenvalue weighted by Gasteiger charge is 2.35. The third-order valence-corrected chi connectivity index (χ3v) is 5.86. The first-order valence-electron chi connectivity index (χ1n) is 8.01. The number of benzene rings is 2. The number of rotatable bonds is 6. The molecule has 2 aromatic rings. The number of hydrogen-bond acceptors (Lipinski definition) is 4. The van der Waals surface area contributed by atoms with Gasteiger partial charge in [-0.25, -0.2) is 0 Å². The van der Waals surface area contributed by atoms with E-state index in [0.717, 1.165) is 30.9 Å². The van der Waals surface area contributed by atoms with Crippen molar-refractivity contribution in [3.8, 4) is 5.75 Å². The van der Waals surface area contributed by atoms with Crippen LogP contribution in [0, 0.1) is 3.57 Å². The number of nitrogens with zero attached hydrogens (tertiary/aromatic N) is 1. The fourth-order valence-corrected chi connectivity index (χ4v) is 4.03. The predicted molar refractivity (Wildman–Crippen MR) is 121 cm³/mol. The van der Waals surface area contributed by atoms with Crippen molar-refractivity contribution in [3.05, 3.63) is 79.2 Å². The molecule has 1 aliphatic rings. The molecular weight excluding hydrogens is 541 g/mol. The maximum absolute atomic E-state index is 12.7. The smallest absolute Gasteiger partial charge is 0.293 e. The average molecular weight is 556 g/mol. The molecule has 7 heteroatoms. The maximum Gasteiger partial charge on any atom is 0.293 e. The molecule has 1 saturated heterocycles. The van der Waals surface area contributed by atoms with Gasteiger partial charge in [-0.15, -0.1) is 0 Å². The van der Waals surface area contributed by atoms with Crippen LogP contribution in [0.2, 0.25) is 0 Å². The van der Waals surface area contributed by atoms with Crippen LogP contribution in [0.3, 0.4) is 0 Å². The molecule has 0 radical (unpaired) electrons. The molecule has 0 atom stereocenters. The Kier molecular flexibility index (Phi) is 6.78. The molecule has 0 N–H and O–H groups in total. The number of carbonyl (C=O) groups excluding carboxylic acids is 2. The van der Waals surface area contributed by atoms with Crippen molar-refractivity contribution in [2.45, 2.75) is 6.54 Å². The number of imide groups is 1. The minimum Gasteiger partial charge on any atom is -0.489 e. The van der Waals surface area contributed by atoms with Gasteiger partial charge in [-0.2, -0.15) is 0 Å². The molecule has 0 unspecified atom stereocenters. The molecule has 1 aliphatic heterocycles. The lowest BCUT2D eigenvalue weighted by Crippen LogP contribution is -2.27. The summed E-state index contributed by atoms with van der Waals surface area (Å²) in [6.07, 6.45) is 3.35. The van der Waals surface area contributed by atoms with Gasteiger partial charge >= 0.3 is 0 Å². The number of carbonyl (C=O) groups is 2. The van der Waals surface area contributed by atoms with Gasteiger partial charge in [0.05, 0.1) is 11.4 Å². The Bertz CT molecular complexity index is 927. The Morgan fingerprint density at radius 1 is 1.19 bits per heavy atom. The summed E-state index contributed by atoms with van der Waals surface area (Å²) in [6, 6.07) is 13.3. The Labute approximate surface area is 183 Å². The van der Waals surface area contributed by atoms with Crippen molar-refractivity contribution >= 4 is 67.5 Å². The van der Waals surface area contributed by atoms with Crippen LogP contribution in [0.5, 0.6) is 5.75 Å². The van der Waals surface area contributed by atoms with Crippen LogP contribution < -0.4 is 4.74 Å². The van der Waals surface area contributed by atoms with Gasteiger partial charge in [0.15, 0.2) is 0 Å². The number of thioether (sulfide) groups is 1. The summed E-state index contributed by atoms with van der Waals surface area (Å²) in [7, 11) is 0. The molecule has 0 saturated carbocycles. The second-order valence-electron chi connectivity index (χ2n) is 5.68. The summed E-state index contributed by atoms with van der Waals surface area (Å²) in [5, 5.41) is -0.270. The predicted octanol–water partition coefficient (Wildman–Crippen LogP) is 5.86. The fraction of sp³-hybridized carbons (Fsp3) is 0.100. The average Bonchev–Trinajstić information content (AvgIpc) is 2.90. The van der Waals surface area contributed by atoms with Crippen LogP contribution in [-0.4, -0.2) is 22.7 Å². The first-order valence-corrected chi connectivity index (χ1v) is 10.7. The number of halogens is 2. The fourth-order valence-electron chi connectivity index (χ4n) is 2.46. The van der Waals surface area contributed by atoms with Gasteiger partial charge < -0.3 is 4.74 Å². The van der Waals surface area contributed by atoms with E-state index in [1.165, 1.54) is 4.90 Å². The molecule has 3 rings (SSSR count). The molecule has 0 aliphatic carbocycles. The van der Waals surface area contributed by atoms with Crippen LogP contribution in [0.4, 0.5) is 4.79 Å². The summed E-state index contributed by atoms with van der Waals surface area (Å²) in [4.78, 5) is 26.7. The molecular formula is C20H15BrINO3S. The highest BCUT2D eigenvalue weighted by molar-refractivity contribution is 14.1. The van der Waals surface area contributed by atoms with Crippen molar-refractivity contribution in [1.29, 1.82) is 0 Å². The summed E-state index contributed by atoms with van der Waals surface area (Å²) in [5.74, 6) is 0.334. The van der Waals surface area contributed by atoms with E-state index in [1.54, 1.807) is 12.2 Å². The van der Waals surface area contributed by atoms with E-state index < -0.39 is 0 Å². The van der Waals surface area contributed by atoms with Gasteiger partial charge in [0, 0.05) is 13.6 Å². The first-order chi connectivity index (χ1) is 13.0. The van der Waals surface area contributed by atoms with Crippen molar-refractivity contribution < 1.29 is 14.3 Å². The van der Waals surface area contributed by atoms with E-state index in [-0.39, 0.29) is 17.7 Å². The topological polar surface area (TPSA) is 46.6 Å². The monoisotopic (exact) mass is 555 g/mol. The Hall–Kier alpha value is -1.58. The molecule has 2 aromatic carbocycles. The Morgan fingerprint density at radius 2 is 1.93 bits per heavy atom. The third kappa shape index (κ3) is 5.03. The second kappa shape index (κ2) is 9.07. The van der Waals surface area contributed by atoms with Gasteiger partial charge in [0.2, 0.25) is 0 Å². The van der Waals surface area contributed by atoms with E-state index in [0.29, 0.717) is 17.3 Å². The summed E-state index contributed by atoms with van der Waals surface area (Å²) in [6.45, 7) is 4.26. The van der Waals surface area contributed by atoms with E-state index >= 15 is 0 Å². The lowest BCUT2D eigenvalue weighted by atomic mass is 10.1. The van der Waals surface area contributed by atoms with Crippen LogP contribution in [0.1, 0.15) is 11.1 Å². The first kappa shape index (κ1) is 20.2. The number of ether oxygens (including phenoxy) is 1. The van der Waals surface area contributed by atoms with Crippen molar-refractivity contribution in [2.75, 3.05) is 6.61 Å². The Morgan fingerprint density at radius 3 is 2.63 bits per heavy atom. The number of amides is 2. The maximum atomic E-state index is 12.7. The summed E-state index contributed by atoms with van der Waals surface area (Å²) >= 11 is 6.59. The van der Waals surface area contributed by atoms with Gasteiger partial charge in [-0.1, -0.05) is 40.7 Å².